The minimum atomic E-state index is 0.623. The van der Waals surface area contributed by atoms with Crippen molar-refractivity contribution in [1.82, 2.24) is 0 Å². The summed E-state index contributed by atoms with van der Waals surface area (Å²) in [7, 11) is 0. The lowest BCUT2D eigenvalue weighted by molar-refractivity contribution is 0.862. The summed E-state index contributed by atoms with van der Waals surface area (Å²) in [5, 5.41) is 3.50. The highest BCUT2D eigenvalue weighted by Crippen LogP contribution is 2.29. The molecule has 1 nitrogen and oxygen atoms in total. The van der Waals surface area contributed by atoms with E-state index in [1.165, 1.54) is 24.1 Å². The lowest BCUT2D eigenvalue weighted by Crippen LogP contribution is -2.03. The van der Waals surface area contributed by atoms with Crippen LogP contribution in [0.15, 0.2) is 24.3 Å². The van der Waals surface area contributed by atoms with Crippen molar-refractivity contribution in [2.45, 2.75) is 32.6 Å². The van der Waals surface area contributed by atoms with E-state index in [2.05, 4.69) is 43.4 Å². The van der Waals surface area contributed by atoms with Crippen LogP contribution in [-0.4, -0.2) is 6.54 Å². The van der Waals surface area contributed by atoms with E-state index in [0.717, 1.165) is 12.5 Å². The highest BCUT2D eigenvalue weighted by molar-refractivity contribution is 5.46. The summed E-state index contributed by atoms with van der Waals surface area (Å²) in [6, 6.07) is 8.78. The van der Waals surface area contributed by atoms with Crippen LogP contribution in [0.1, 0.15) is 38.2 Å². The molecule has 0 amide bonds. The van der Waals surface area contributed by atoms with E-state index in [-0.39, 0.29) is 0 Å². The normalized spacial score (nSPS) is 15.9. The zero-order chi connectivity index (χ0) is 9.97. The first-order valence-corrected chi connectivity index (χ1v) is 5.59. The first-order valence-electron chi connectivity index (χ1n) is 5.59. The van der Waals surface area contributed by atoms with Crippen LogP contribution >= 0.6 is 0 Å². The van der Waals surface area contributed by atoms with Crippen molar-refractivity contribution in [3.63, 3.8) is 0 Å². The average molecular weight is 189 g/mol. The summed E-state index contributed by atoms with van der Waals surface area (Å²) < 4.78 is 0. The van der Waals surface area contributed by atoms with Gasteiger partial charge in [-0.1, -0.05) is 26.0 Å². The number of nitrogens with one attached hydrogen (secondary N) is 1. The summed E-state index contributed by atoms with van der Waals surface area (Å²) in [4.78, 5) is 0. The molecule has 0 spiro atoms. The lowest BCUT2D eigenvalue weighted by atomic mass is 10.0. The van der Waals surface area contributed by atoms with Gasteiger partial charge in [-0.25, -0.2) is 0 Å². The lowest BCUT2D eigenvalue weighted by Gasteiger charge is -2.09. The Morgan fingerprint density at radius 1 is 1.36 bits per heavy atom. The quantitative estimate of drug-likeness (QED) is 0.762. The van der Waals surface area contributed by atoms with E-state index in [1.807, 2.05) is 0 Å². The zero-order valence-electron chi connectivity index (χ0n) is 9.09. The van der Waals surface area contributed by atoms with Crippen molar-refractivity contribution < 1.29 is 0 Å². The molecule has 14 heavy (non-hydrogen) atoms. The minimum Gasteiger partial charge on any atom is -0.385 e. The van der Waals surface area contributed by atoms with Crippen LogP contribution in [0.25, 0.3) is 0 Å². The van der Waals surface area contributed by atoms with Gasteiger partial charge in [-0.2, -0.15) is 0 Å². The molecule has 1 aromatic carbocycles. The SMILES string of the molecule is CC(C)c1cccc(NCC2CC2)c1. The molecule has 0 heterocycles. The largest absolute Gasteiger partial charge is 0.385 e. The van der Waals surface area contributed by atoms with Crippen molar-refractivity contribution in [2.24, 2.45) is 5.92 Å². The molecule has 0 saturated heterocycles. The fraction of sp³-hybridized carbons (Fsp3) is 0.538. The highest BCUT2D eigenvalue weighted by Gasteiger charge is 2.20. The molecule has 0 aliphatic heterocycles. The number of hydrogen-bond donors (Lipinski definition) is 1. The molecule has 0 unspecified atom stereocenters. The van der Waals surface area contributed by atoms with E-state index in [9.17, 15) is 0 Å². The molecular weight excluding hydrogens is 170 g/mol. The van der Waals surface area contributed by atoms with Crippen LogP contribution in [0.2, 0.25) is 0 Å². The van der Waals surface area contributed by atoms with Gasteiger partial charge in [0.05, 0.1) is 0 Å². The second-order valence-corrected chi connectivity index (χ2v) is 4.60. The maximum absolute atomic E-state index is 3.50. The van der Waals surface area contributed by atoms with Gasteiger partial charge in [0.25, 0.3) is 0 Å². The van der Waals surface area contributed by atoms with Crippen LogP contribution in [0.4, 0.5) is 5.69 Å². The van der Waals surface area contributed by atoms with Gasteiger partial charge in [0.15, 0.2) is 0 Å². The van der Waals surface area contributed by atoms with Crippen LogP contribution in [0, 0.1) is 5.92 Å². The fourth-order valence-electron chi connectivity index (χ4n) is 1.59. The van der Waals surface area contributed by atoms with E-state index in [0.29, 0.717) is 5.92 Å². The third-order valence-corrected chi connectivity index (χ3v) is 2.85. The predicted molar refractivity (Wildman–Crippen MR) is 61.7 cm³/mol. The van der Waals surface area contributed by atoms with E-state index < -0.39 is 0 Å². The van der Waals surface area contributed by atoms with Gasteiger partial charge in [-0.05, 0) is 42.4 Å². The Labute approximate surface area is 86.5 Å². The predicted octanol–water partition coefficient (Wildman–Crippen LogP) is 3.63. The second kappa shape index (κ2) is 4.04. The molecule has 1 aromatic rings. The molecule has 1 aliphatic rings. The smallest absolute Gasteiger partial charge is 0.0343 e. The van der Waals surface area contributed by atoms with Crippen molar-refractivity contribution in [2.75, 3.05) is 11.9 Å². The molecule has 1 saturated carbocycles. The van der Waals surface area contributed by atoms with Gasteiger partial charge in [0.1, 0.15) is 0 Å². The standard InChI is InChI=1S/C13H19N/c1-10(2)12-4-3-5-13(8-12)14-9-11-6-7-11/h3-5,8,10-11,14H,6-7,9H2,1-2H3. The average Bonchev–Trinajstić information content (AvgIpc) is 2.99. The first-order chi connectivity index (χ1) is 6.75. The van der Waals surface area contributed by atoms with Crippen LogP contribution in [-0.2, 0) is 0 Å². The van der Waals surface area contributed by atoms with Crippen LogP contribution < -0.4 is 5.32 Å². The molecule has 1 heteroatoms. The molecule has 2 rings (SSSR count). The van der Waals surface area contributed by atoms with Crippen molar-refractivity contribution in [3.8, 4) is 0 Å². The summed E-state index contributed by atoms with van der Waals surface area (Å²) in [5.74, 6) is 1.57. The number of benzene rings is 1. The van der Waals surface area contributed by atoms with Gasteiger partial charge in [-0.15, -0.1) is 0 Å². The molecule has 76 valence electrons. The minimum absolute atomic E-state index is 0.623. The third kappa shape index (κ3) is 2.50. The number of rotatable bonds is 4. The fourth-order valence-corrected chi connectivity index (χ4v) is 1.59. The Balaban J connectivity index is 1.97. The van der Waals surface area contributed by atoms with Gasteiger partial charge in [0, 0.05) is 12.2 Å². The van der Waals surface area contributed by atoms with Gasteiger partial charge < -0.3 is 5.32 Å². The Morgan fingerprint density at radius 3 is 2.79 bits per heavy atom. The third-order valence-electron chi connectivity index (χ3n) is 2.85. The molecular formula is C13H19N. The Kier molecular flexibility index (Phi) is 2.76. The van der Waals surface area contributed by atoms with Crippen molar-refractivity contribution in [3.05, 3.63) is 29.8 Å². The zero-order valence-corrected chi connectivity index (χ0v) is 9.09. The highest BCUT2D eigenvalue weighted by atomic mass is 14.9. The summed E-state index contributed by atoms with van der Waals surface area (Å²) >= 11 is 0. The molecule has 0 bridgehead atoms. The second-order valence-electron chi connectivity index (χ2n) is 4.60. The Morgan fingerprint density at radius 2 is 2.14 bits per heavy atom. The molecule has 0 radical (unpaired) electrons. The number of anilines is 1. The summed E-state index contributed by atoms with van der Waals surface area (Å²) in [5.41, 5.74) is 2.70. The van der Waals surface area contributed by atoms with Gasteiger partial charge in [0.2, 0.25) is 0 Å². The summed E-state index contributed by atoms with van der Waals surface area (Å²) in [6.07, 6.45) is 2.83. The van der Waals surface area contributed by atoms with Gasteiger partial charge in [-0.3, -0.25) is 0 Å². The van der Waals surface area contributed by atoms with Gasteiger partial charge >= 0.3 is 0 Å². The molecule has 1 aliphatic carbocycles. The van der Waals surface area contributed by atoms with Crippen LogP contribution in [0.5, 0.6) is 0 Å². The number of hydrogen-bond acceptors (Lipinski definition) is 1. The van der Waals surface area contributed by atoms with E-state index >= 15 is 0 Å². The monoisotopic (exact) mass is 189 g/mol. The van der Waals surface area contributed by atoms with Crippen molar-refractivity contribution >= 4 is 5.69 Å². The maximum Gasteiger partial charge on any atom is 0.0343 e. The molecule has 1 fully saturated rings. The Hall–Kier alpha value is -0.980. The van der Waals surface area contributed by atoms with E-state index in [4.69, 9.17) is 0 Å². The molecule has 0 atom stereocenters. The molecule has 1 N–H and O–H groups in total. The maximum atomic E-state index is 3.50. The topological polar surface area (TPSA) is 12.0 Å². The molecule has 0 aromatic heterocycles. The van der Waals surface area contributed by atoms with E-state index in [1.54, 1.807) is 0 Å². The van der Waals surface area contributed by atoms with Crippen molar-refractivity contribution in [1.29, 1.82) is 0 Å². The first kappa shape index (κ1) is 9.57. The Bertz CT molecular complexity index is 300. The summed E-state index contributed by atoms with van der Waals surface area (Å²) in [6.45, 7) is 5.63. The van der Waals surface area contributed by atoms with Crippen LogP contribution in [0.3, 0.4) is 0 Å².